The van der Waals surface area contributed by atoms with Gasteiger partial charge in [0, 0.05) is 43.9 Å². The van der Waals surface area contributed by atoms with Crippen LogP contribution >= 0.6 is 0 Å². The Balaban J connectivity index is 1.27. The van der Waals surface area contributed by atoms with Crippen LogP contribution < -0.4 is 10.1 Å². The summed E-state index contributed by atoms with van der Waals surface area (Å²) in [6.07, 6.45) is 7.38. The summed E-state index contributed by atoms with van der Waals surface area (Å²) in [5.74, 6) is 0.887. The molecule has 1 aliphatic heterocycles. The molecular formula is C31H30FN7O2. The molecule has 1 aliphatic rings. The van der Waals surface area contributed by atoms with E-state index in [0.29, 0.717) is 41.4 Å². The van der Waals surface area contributed by atoms with Gasteiger partial charge in [0.2, 0.25) is 5.91 Å². The Morgan fingerprint density at radius 1 is 1.12 bits per heavy atom. The number of ether oxygens (including phenoxy) is 1. The Labute approximate surface area is 236 Å². The van der Waals surface area contributed by atoms with E-state index in [4.69, 9.17) is 9.72 Å². The highest BCUT2D eigenvalue weighted by molar-refractivity contribution is 5.88. The zero-order valence-electron chi connectivity index (χ0n) is 23.0. The van der Waals surface area contributed by atoms with Crippen molar-refractivity contribution in [3.63, 3.8) is 0 Å². The normalized spacial score (nSPS) is 15.6. The first-order valence-electron chi connectivity index (χ1n) is 13.6. The van der Waals surface area contributed by atoms with Gasteiger partial charge in [-0.1, -0.05) is 13.0 Å². The lowest BCUT2D eigenvalue weighted by Gasteiger charge is -2.23. The first-order chi connectivity index (χ1) is 19.9. The number of amides is 1. The van der Waals surface area contributed by atoms with Gasteiger partial charge in [0.25, 0.3) is 0 Å². The van der Waals surface area contributed by atoms with Crippen LogP contribution in [0.3, 0.4) is 0 Å². The number of hydrogen-bond acceptors (Lipinski definition) is 7. The van der Waals surface area contributed by atoms with Crippen LogP contribution in [0.15, 0.2) is 67.8 Å². The fourth-order valence-corrected chi connectivity index (χ4v) is 5.29. The number of nitrogens with zero attached hydrogens (tertiary/aromatic N) is 6. The molecule has 1 N–H and O–H groups in total. The second kappa shape index (κ2) is 11.0. The zero-order valence-corrected chi connectivity index (χ0v) is 23.0. The van der Waals surface area contributed by atoms with Crippen LogP contribution in [-0.2, 0) is 11.8 Å². The maximum Gasteiger partial charge on any atom is 0.245 e. The minimum atomic E-state index is -0.491. The molecule has 0 unspecified atom stereocenters. The van der Waals surface area contributed by atoms with Gasteiger partial charge in [0.1, 0.15) is 29.2 Å². The number of pyridine rings is 1. The van der Waals surface area contributed by atoms with E-state index < -0.39 is 5.82 Å². The van der Waals surface area contributed by atoms with E-state index in [9.17, 15) is 4.79 Å². The number of carbonyl (C=O) groups is 1. The Hall–Kier alpha value is -4.86. The van der Waals surface area contributed by atoms with Crippen LogP contribution in [0.5, 0.6) is 11.5 Å². The quantitative estimate of drug-likeness (QED) is 0.252. The summed E-state index contributed by atoms with van der Waals surface area (Å²) >= 11 is 0. The van der Waals surface area contributed by atoms with Gasteiger partial charge in [-0.25, -0.2) is 24.3 Å². The Morgan fingerprint density at radius 2 is 2.00 bits per heavy atom. The third kappa shape index (κ3) is 5.32. The number of aryl methyl sites for hydroxylation is 2. The SMILES string of the molecule is C=CC(=O)N1CCCC[C@@H](c2ccc3ncnc(Nc4cc(C)c(Oc5ccc6c(c5)ncn6C)cc4F)c3n2)C1. The molecular weight excluding hydrogens is 521 g/mol. The van der Waals surface area contributed by atoms with E-state index in [1.54, 1.807) is 12.4 Å². The number of hydrogen-bond donors (Lipinski definition) is 1. The molecule has 10 heteroatoms. The van der Waals surface area contributed by atoms with E-state index in [0.717, 1.165) is 41.6 Å². The van der Waals surface area contributed by atoms with Gasteiger partial charge in [-0.2, -0.15) is 0 Å². The van der Waals surface area contributed by atoms with Gasteiger partial charge in [0.05, 0.1) is 28.6 Å². The summed E-state index contributed by atoms with van der Waals surface area (Å²) in [6, 6.07) is 12.5. The Kier molecular flexibility index (Phi) is 7.05. The number of fused-ring (bicyclic) bond motifs is 2. The minimum absolute atomic E-state index is 0.0691. The number of nitrogens with one attached hydrogen (secondary N) is 1. The molecule has 9 nitrogen and oxygen atoms in total. The number of rotatable bonds is 6. The highest BCUT2D eigenvalue weighted by Gasteiger charge is 2.24. The molecule has 5 aromatic rings. The number of halogens is 1. The Bertz CT molecular complexity index is 1780. The standard InChI is InChI=1S/C31H30FN7O2/c1-4-29(40)39-12-6-5-7-20(16-39)23-9-10-24-30(36-23)31(34-17-33-24)37-25-13-19(2)28(15-22(25)32)41-21-8-11-27-26(14-21)35-18-38(27)3/h4,8-11,13-15,17-18,20H,1,5-7,12,16H2,2-3H3,(H,33,34,37)/t20-/m1/s1. The number of anilines is 2. The number of carbonyl (C=O) groups excluding carboxylic acids is 1. The van der Waals surface area contributed by atoms with Crippen molar-refractivity contribution in [3.8, 4) is 11.5 Å². The lowest BCUT2D eigenvalue weighted by molar-refractivity contribution is -0.126. The molecule has 0 aliphatic carbocycles. The molecule has 208 valence electrons. The van der Waals surface area contributed by atoms with Crippen LogP contribution in [0.25, 0.3) is 22.1 Å². The maximum atomic E-state index is 15.4. The van der Waals surface area contributed by atoms with Gasteiger partial charge in [-0.3, -0.25) is 4.79 Å². The van der Waals surface area contributed by atoms with Crippen LogP contribution in [0.1, 0.15) is 36.4 Å². The Morgan fingerprint density at radius 3 is 2.85 bits per heavy atom. The topological polar surface area (TPSA) is 98.1 Å². The molecule has 1 amide bonds. The molecule has 0 bridgehead atoms. The number of benzene rings is 2. The van der Waals surface area contributed by atoms with Gasteiger partial charge in [-0.05, 0) is 61.7 Å². The van der Waals surface area contributed by atoms with E-state index in [1.165, 1.54) is 18.5 Å². The van der Waals surface area contributed by atoms with Crippen molar-refractivity contribution >= 4 is 39.5 Å². The highest BCUT2D eigenvalue weighted by Crippen LogP contribution is 2.33. The van der Waals surface area contributed by atoms with E-state index in [2.05, 4.69) is 26.8 Å². The second-order valence-electron chi connectivity index (χ2n) is 10.3. The van der Waals surface area contributed by atoms with Crippen LogP contribution in [0.2, 0.25) is 0 Å². The number of aromatic nitrogens is 5. The van der Waals surface area contributed by atoms with E-state index >= 15 is 4.39 Å². The van der Waals surface area contributed by atoms with Gasteiger partial charge in [-0.15, -0.1) is 0 Å². The van der Waals surface area contributed by atoms with Crippen LogP contribution in [-0.4, -0.2) is 48.4 Å². The summed E-state index contributed by atoms with van der Waals surface area (Å²) in [6.45, 7) is 6.77. The van der Waals surface area contributed by atoms with Crippen molar-refractivity contribution in [2.24, 2.45) is 7.05 Å². The lowest BCUT2D eigenvalue weighted by Crippen LogP contribution is -2.32. The first-order valence-corrected chi connectivity index (χ1v) is 13.6. The molecule has 0 radical (unpaired) electrons. The molecule has 1 saturated heterocycles. The third-order valence-corrected chi connectivity index (χ3v) is 7.52. The summed E-state index contributed by atoms with van der Waals surface area (Å²) in [7, 11) is 1.93. The lowest BCUT2D eigenvalue weighted by atomic mass is 9.98. The average Bonchev–Trinajstić information content (AvgIpc) is 3.17. The molecule has 1 atom stereocenters. The summed E-state index contributed by atoms with van der Waals surface area (Å²) in [5, 5.41) is 3.12. The smallest absolute Gasteiger partial charge is 0.245 e. The molecule has 4 heterocycles. The second-order valence-corrected chi connectivity index (χ2v) is 10.3. The molecule has 0 spiro atoms. The molecule has 1 fully saturated rings. The van der Waals surface area contributed by atoms with Crippen molar-refractivity contribution in [2.45, 2.75) is 32.1 Å². The van der Waals surface area contributed by atoms with Crippen LogP contribution in [0, 0.1) is 12.7 Å². The van der Waals surface area contributed by atoms with E-state index in [-0.39, 0.29) is 17.5 Å². The fraction of sp³-hybridized carbons (Fsp3) is 0.258. The van der Waals surface area contributed by atoms with Crippen LogP contribution in [0.4, 0.5) is 15.9 Å². The van der Waals surface area contributed by atoms with Crippen molar-refractivity contribution in [2.75, 3.05) is 18.4 Å². The van der Waals surface area contributed by atoms with Gasteiger partial charge >= 0.3 is 0 Å². The van der Waals surface area contributed by atoms with Gasteiger partial charge in [0.15, 0.2) is 5.82 Å². The van der Waals surface area contributed by atoms with E-state index in [1.807, 2.05) is 53.8 Å². The minimum Gasteiger partial charge on any atom is -0.457 e. The monoisotopic (exact) mass is 551 g/mol. The average molecular weight is 552 g/mol. The molecule has 3 aromatic heterocycles. The maximum absolute atomic E-state index is 15.4. The van der Waals surface area contributed by atoms with Crippen molar-refractivity contribution < 1.29 is 13.9 Å². The van der Waals surface area contributed by atoms with Gasteiger partial charge < -0.3 is 19.5 Å². The summed E-state index contributed by atoms with van der Waals surface area (Å²) in [4.78, 5) is 32.1. The zero-order chi connectivity index (χ0) is 28.5. The predicted molar refractivity (Wildman–Crippen MR) is 156 cm³/mol. The largest absolute Gasteiger partial charge is 0.457 e. The van der Waals surface area contributed by atoms with Crippen molar-refractivity contribution in [1.82, 2.24) is 29.4 Å². The predicted octanol–water partition coefficient (Wildman–Crippen LogP) is 6.18. The number of likely N-dealkylation sites (tertiary alicyclic amines) is 1. The highest BCUT2D eigenvalue weighted by atomic mass is 19.1. The first kappa shape index (κ1) is 26.4. The molecule has 6 rings (SSSR count). The van der Waals surface area contributed by atoms with Crippen molar-refractivity contribution in [1.29, 1.82) is 0 Å². The molecule has 2 aromatic carbocycles. The summed E-state index contributed by atoms with van der Waals surface area (Å²) in [5.41, 5.74) is 4.80. The fourth-order valence-electron chi connectivity index (χ4n) is 5.29. The molecule has 0 saturated carbocycles. The van der Waals surface area contributed by atoms with Crippen molar-refractivity contribution in [3.05, 3.63) is 84.8 Å². The number of imidazole rings is 1. The summed E-state index contributed by atoms with van der Waals surface area (Å²) < 4.78 is 23.3. The molecule has 41 heavy (non-hydrogen) atoms. The third-order valence-electron chi connectivity index (χ3n) is 7.52.